The Morgan fingerprint density at radius 2 is 2.05 bits per heavy atom. The molecule has 0 heterocycles. The van der Waals surface area contributed by atoms with Gasteiger partial charge in [-0.05, 0) is 31.5 Å². The molecule has 0 aliphatic rings. The molecule has 1 atom stereocenters. The third-order valence-corrected chi connectivity index (χ3v) is 2.94. The Bertz CT molecular complexity index is 490. The summed E-state index contributed by atoms with van der Waals surface area (Å²) in [7, 11) is 1.51. The maximum atomic E-state index is 12.7. The van der Waals surface area contributed by atoms with Crippen molar-refractivity contribution in [2.45, 2.75) is 26.1 Å². The molecule has 0 saturated heterocycles. The number of carbonyl (C=O) groups is 1. The zero-order valence-corrected chi connectivity index (χ0v) is 12.2. The van der Waals surface area contributed by atoms with Gasteiger partial charge in [0.05, 0.1) is 12.2 Å². The van der Waals surface area contributed by atoms with Crippen LogP contribution in [0.4, 0.5) is 18.9 Å². The first-order chi connectivity index (χ1) is 9.75. The van der Waals surface area contributed by atoms with Crippen molar-refractivity contribution in [2.24, 2.45) is 0 Å². The highest BCUT2D eigenvalue weighted by Gasteiger charge is 2.31. The molecular formula is C14H19F3N2O2. The number of aryl methyl sites for hydroxylation is 1. The van der Waals surface area contributed by atoms with Gasteiger partial charge in [0.15, 0.2) is 0 Å². The quantitative estimate of drug-likeness (QED) is 0.794. The van der Waals surface area contributed by atoms with E-state index in [4.69, 9.17) is 4.74 Å². The monoisotopic (exact) mass is 304 g/mol. The van der Waals surface area contributed by atoms with Crippen LogP contribution in [0.25, 0.3) is 0 Å². The van der Waals surface area contributed by atoms with Crippen LogP contribution >= 0.6 is 0 Å². The van der Waals surface area contributed by atoms with E-state index in [0.29, 0.717) is 24.4 Å². The van der Waals surface area contributed by atoms with Gasteiger partial charge in [-0.3, -0.25) is 4.79 Å². The summed E-state index contributed by atoms with van der Waals surface area (Å²) in [5.41, 5.74) is 0.182. The largest absolute Gasteiger partial charge is 0.416 e. The fraction of sp³-hybridized carbons (Fsp3) is 0.500. The smallest absolute Gasteiger partial charge is 0.383 e. The summed E-state index contributed by atoms with van der Waals surface area (Å²) >= 11 is 0. The number of halogens is 3. The van der Waals surface area contributed by atoms with Crippen molar-refractivity contribution in [3.8, 4) is 0 Å². The molecule has 1 amide bonds. The van der Waals surface area contributed by atoms with Crippen molar-refractivity contribution in [1.29, 1.82) is 0 Å². The van der Waals surface area contributed by atoms with Crippen LogP contribution in [0, 0.1) is 6.92 Å². The average Bonchev–Trinajstić information content (AvgIpc) is 2.40. The lowest BCUT2D eigenvalue weighted by atomic mass is 10.1. The van der Waals surface area contributed by atoms with Crippen LogP contribution in [-0.4, -0.2) is 32.2 Å². The third-order valence-electron chi connectivity index (χ3n) is 2.94. The number of carbonyl (C=O) groups excluding carboxylic acids is 1. The molecular weight excluding hydrogens is 285 g/mol. The first-order valence-corrected chi connectivity index (χ1v) is 6.46. The van der Waals surface area contributed by atoms with Gasteiger partial charge < -0.3 is 15.4 Å². The van der Waals surface area contributed by atoms with Gasteiger partial charge in [0.2, 0.25) is 5.91 Å². The van der Waals surface area contributed by atoms with E-state index < -0.39 is 17.8 Å². The molecule has 1 rings (SSSR count). The van der Waals surface area contributed by atoms with Crippen LogP contribution in [-0.2, 0) is 15.7 Å². The van der Waals surface area contributed by atoms with Crippen molar-refractivity contribution in [1.82, 2.24) is 5.32 Å². The maximum Gasteiger partial charge on any atom is 0.416 e. The molecule has 2 N–H and O–H groups in total. The Morgan fingerprint density at radius 1 is 1.38 bits per heavy atom. The molecule has 21 heavy (non-hydrogen) atoms. The average molecular weight is 304 g/mol. The molecule has 0 aromatic heterocycles. The molecule has 0 aliphatic carbocycles. The van der Waals surface area contributed by atoms with Gasteiger partial charge in [0.1, 0.15) is 6.04 Å². The van der Waals surface area contributed by atoms with Crippen molar-refractivity contribution in [2.75, 3.05) is 25.6 Å². The number of rotatable bonds is 6. The zero-order valence-electron chi connectivity index (χ0n) is 12.2. The number of hydrogen-bond acceptors (Lipinski definition) is 3. The SMILES string of the molecule is COCCNC(=O)C(C)Nc1cc(C(F)(F)F)ccc1C. The second-order valence-corrected chi connectivity index (χ2v) is 4.68. The molecule has 0 saturated carbocycles. The van der Waals surface area contributed by atoms with Crippen LogP contribution in [0.3, 0.4) is 0 Å². The van der Waals surface area contributed by atoms with Gasteiger partial charge in [0.25, 0.3) is 0 Å². The third kappa shape index (κ3) is 5.26. The second kappa shape index (κ2) is 7.31. The number of nitrogens with one attached hydrogen (secondary N) is 2. The van der Waals surface area contributed by atoms with Crippen molar-refractivity contribution in [3.63, 3.8) is 0 Å². The molecule has 1 unspecified atom stereocenters. The fourth-order valence-electron chi connectivity index (χ4n) is 1.68. The van der Waals surface area contributed by atoms with E-state index in [1.54, 1.807) is 13.8 Å². The van der Waals surface area contributed by atoms with E-state index >= 15 is 0 Å². The van der Waals surface area contributed by atoms with Crippen molar-refractivity contribution >= 4 is 11.6 Å². The van der Waals surface area contributed by atoms with Gasteiger partial charge in [-0.15, -0.1) is 0 Å². The van der Waals surface area contributed by atoms with Crippen LogP contribution in [0.2, 0.25) is 0 Å². The molecule has 1 aromatic carbocycles. The minimum absolute atomic E-state index is 0.291. The molecule has 0 bridgehead atoms. The van der Waals surface area contributed by atoms with E-state index in [1.165, 1.54) is 13.2 Å². The molecule has 0 fully saturated rings. The molecule has 0 spiro atoms. The maximum absolute atomic E-state index is 12.7. The lowest BCUT2D eigenvalue weighted by Crippen LogP contribution is -2.39. The minimum Gasteiger partial charge on any atom is -0.383 e. The number of alkyl halides is 3. The second-order valence-electron chi connectivity index (χ2n) is 4.68. The van der Waals surface area contributed by atoms with Gasteiger partial charge in [-0.2, -0.15) is 13.2 Å². The van der Waals surface area contributed by atoms with Crippen LogP contribution in [0.1, 0.15) is 18.1 Å². The predicted octanol–water partition coefficient (Wildman–Crippen LogP) is 2.58. The predicted molar refractivity (Wildman–Crippen MR) is 74.2 cm³/mol. The number of benzene rings is 1. The number of ether oxygens (including phenoxy) is 1. The summed E-state index contributed by atoms with van der Waals surface area (Å²) < 4.78 is 42.8. The Morgan fingerprint density at radius 3 is 2.62 bits per heavy atom. The summed E-state index contributed by atoms with van der Waals surface area (Å²) in [5, 5.41) is 5.42. The van der Waals surface area contributed by atoms with Crippen molar-refractivity contribution < 1.29 is 22.7 Å². The minimum atomic E-state index is -4.41. The van der Waals surface area contributed by atoms with Crippen LogP contribution in [0.5, 0.6) is 0 Å². The first-order valence-electron chi connectivity index (χ1n) is 6.46. The highest BCUT2D eigenvalue weighted by atomic mass is 19.4. The summed E-state index contributed by atoms with van der Waals surface area (Å²) in [5.74, 6) is -0.302. The molecule has 0 radical (unpaired) electrons. The van der Waals surface area contributed by atoms with Crippen LogP contribution in [0.15, 0.2) is 18.2 Å². The Balaban J connectivity index is 2.75. The number of anilines is 1. The lowest BCUT2D eigenvalue weighted by Gasteiger charge is -2.18. The molecule has 1 aromatic rings. The topological polar surface area (TPSA) is 50.4 Å². The lowest BCUT2D eigenvalue weighted by molar-refractivity contribution is -0.137. The summed E-state index contributed by atoms with van der Waals surface area (Å²) in [6.45, 7) is 3.99. The summed E-state index contributed by atoms with van der Waals surface area (Å²) in [6, 6.07) is 2.75. The highest BCUT2D eigenvalue weighted by Crippen LogP contribution is 2.32. The van der Waals surface area contributed by atoms with E-state index in [-0.39, 0.29) is 5.91 Å². The summed E-state index contributed by atoms with van der Waals surface area (Å²) in [4.78, 5) is 11.8. The molecule has 4 nitrogen and oxygen atoms in total. The van der Waals surface area contributed by atoms with E-state index in [0.717, 1.165) is 12.1 Å². The molecule has 7 heteroatoms. The van der Waals surface area contributed by atoms with E-state index in [9.17, 15) is 18.0 Å². The van der Waals surface area contributed by atoms with Gasteiger partial charge in [-0.1, -0.05) is 6.07 Å². The normalized spacial score (nSPS) is 12.9. The van der Waals surface area contributed by atoms with E-state index in [2.05, 4.69) is 10.6 Å². The Labute approximate surface area is 121 Å². The van der Waals surface area contributed by atoms with Gasteiger partial charge in [-0.25, -0.2) is 0 Å². The van der Waals surface area contributed by atoms with Gasteiger partial charge >= 0.3 is 6.18 Å². The number of methoxy groups -OCH3 is 1. The Kier molecular flexibility index (Phi) is 6.02. The Hall–Kier alpha value is -1.76. The zero-order chi connectivity index (χ0) is 16.0. The first kappa shape index (κ1) is 17.3. The standard InChI is InChI=1S/C14H19F3N2O2/c1-9-4-5-11(14(15,16)17)8-12(9)19-10(2)13(20)18-6-7-21-3/h4-5,8,10,19H,6-7H2,1-3H3,(H,18,20). The highest BCUT2D eigenvalue weighted by molar-refractivity contribution is 5.84. The van der Waals surface area contributed by atoms with Crippen molar-refractivity contribution in [3.05, 3.63) is 29.3 Å². The number of hydrogen-bond donors (Lipinski definition) is 2. The molecule has 118 valence electrons. The number of amides is 1. The summed E-state index contributed by atoms with van der Waals surface area (Å²) in [6.07, 6.45) is -4.41. The van der Waals surface area contributed by atoms with Crippen LogP contribution < -0.4 is 10.6 Å². The van der Waals surface area contributed by atoms with Gasteiger partial charge in [0, 0.05) is 19.3 Å². The molecule has 0 aliphatic heterocycles. The fourth-order valence-corrected chi connectivity index (χ4v) is 1.68. The van der Waals surface area contributed by atoms with E-state index in [1.807, 2.05) is 0 Å².